The van der Waals surface area contributed by atoms with E-state index in [1.54, 1.807) is 0 Å². The number of hydrogen-bond donors (Lipinski definition) is 1. The lowest BCUT2D eigenvalue weighted by atomic mass is 10.0. The largest absolute Gasteiger partial charge is 0.317 e. The van der Waals surface area contributed by atoms with E-state index >= 15 is 0 Å². The van der Waals surface area contributed by atoms with Crippen LogP contribution in [-0.4, -0.2) is 20.8 Å². The fourth-order valence-corrected chi connectivity index (χ4v) is 4.41. The minimum Gasteiger partial charge on any atom is -0.317 e. The van der Waals surface area contributed by atoms with Crippen molar-refractivity contribution >= 4 is 0 Å². The van der Waals surface area contributed by atoms with Crippen LogP contribution in [0, 0.1) is 30.6 Å². The quantitative estimate of drug-likeness (QED) is 0.853. The van der Waals surface area contributed by atoms with Gasteiger partial charge in [-0.05, 0) is 49.9 Å². The predicted octanol–water partition coefficient (Wildman–Crippen LogP) is 1.26. The van der Waals surface area contributed by atoms with Gasteiger partial charge in [0.05, 0.1) is 6.54 Å². The second kappa shape index (κ2) is 3.31. The first-order valence-corrected chi connectivity index (χ1v) is 6.84. The molecule has 1 N–H and O–H groups in total. The SMILES string of the molecule is Cc1nnc(CNC2C3C4CCC(C4)C23)n1C. The average molecular weight is 232 g/mol. The predicted molar refractivity (Wildman–Crippen MR) is 64.2 cm³/mol. The van der Waals surface area contributed by atoms with Crippen molar-refractivity contribution in [1.29, 1.82) is 0 Å². The normalized spacial score (nSPS) is 41.9. The summed E-state index contributed by atoms with van der Waals surface area (Å²) >= 11 is 0. The number of nitrogens with one attached hydrogen (secondary N) is 1. The van der Waals surface area contributed by atoms with Crippen molar-refractivity contribution in [1.82, 2.24) is 20.1 Å². The Morgan fingerprint density at radius 2 is 1.94 bits per heavy atom. The molecule has 4 atom stereocenters. The van der Waals surface area contributed by atoms with E-state index in [0.29, 0.717) is 0 Å². The van der Waals surface area contributed by atoms with Gasteiger partial charge in [0, 0.05) is 13.1 Å². The fraction of sp³-hybridized carbons (Fsp3) is 0.846. The molecule has 3 aliphatic carbocycles. The van der Waals surface area contributed by atoms with Crippen LogP contribution in [-0.2, 0) is 13.6 Å². The molecule has 3 saturated carbocycles. The van der Waals surface area contributed by atoms with Crippen LogP contribution in [0.5, 0.6) is 0 Å². The van der Waals surface area contributed by atoms with E-state index in [-0.39, 0.29) is 0 Å². The van der Waals surface area contributed by atoms with Gasteiger partial charge in [0.15, 0.2) is 0 Å². The van der Waals surface area contributed by atoms with Crippen LogP contribution in [0.1, 0.15) is 30.9 Å². The Morgan fingerprint density at radius 3 is 2.53 bits per heavy atom. The van der Waals surface area contributed by atoms with E-state index in [0.717, 1.165) is 47.9 Å². The lowest BCUT2D eigenvalue weighted by molar-refractivity contribution is 0.455. The molecule has 0 aromatic carbocycles. The molecule has 4 heteroatoms. The molecule has 4 rings (SSSR count). The molecule has 3 fully saturated rings. The maximum Gasteiger partial charge on any atom is 0.146 e. The summed E-state index contributed by atoms with van der Waals surface area (Å²) in [5.41, 5.74) is 0. The van der Waals surface area contributed by atoms with Crippen molar-refractivity contribution in [3.05, 3.63) is 11.6 Å². The Labute approximate surface area is 102 Å². The third-order valence-corrected chi connectivity index (χ3v) is 5.41. The van der Waals surface area contributed by atoms with E-state index in [1.807, 2.05) is 14.0 Å². The summed E-state index contributed by atoms with van der Waals surface area (Å²) in [6.07, 6.45) is 4.51. The maximum atomic E-state index is 4.21. The van der Waals surface area contributed by atoms with E-state index in [1.165, 1.54) is 19.3 Å². The van der Waals surface area contributed by atoms with Crippen molar-refractivity contribution in [3.8, 4) is 0 Å². The highest BCUT2D eigenvalue weighted by Crippen LogP contribution is 2.65. The van der Waals surface area contributed by atoms with Gasteiger partial charge in [-0.1, -0.05) is 0 Å². The Morgan fingerprint density at radius 1 is 1.24 bits per heavy atom. The van der Waals surface area contributed by atoms with Gasteiger partial charge in [-0.2, -0.15) is 0 Å². The minimum absolute atomic E-state index is 0.790. The van der Waals surface area contributed by atoms with E-state index < -0.39 is 0 Å². The van der Waals surface area contributed by atoms with Gasteiger partial charge in [-0.15, -0.1) is 10.2 Å². The summed E-state index contributed by atoms with van der Waals surface area (Å²) in [7, 11) is 2.05. The summed E-state index contributed by atoms with van der Waals surface area (Å²) in [5, 5.41) is 12.0. The number of rotatable bonds is 3. The summed E-state index contributed by atoms with van der Waals surface area (Å²) in [5.74, 6) is 6.16. The molecule has 0 radical (unpaired) electrons. The van der Waals surface area contributed by atoms with Crippen molar-refractivity contribution in [2.24, 2.45) is 30.7 Å². The van der Waals surface area contributed by atoms with Crippen LogP contribution in [0.25, 0.3) is 0 Å². The number of nitrogens with zero attached hydrogens (tertiary/aromatic N) is 3. The lowest BCUT2D eigenvalue weighted by Crippen LogP contribution is -2.24. The van der Waals surface area contributed by atoms with Crippen molar-refractivity contribution in [2.75, 3.05) is 0 Å². The molecule has 92 valence electrons. The van der Waals surface area contributed by atoms with Crippen LogP contribution in [0.3, 0.4) is 0 Å². The zero-order valence-electron chi connectivity index (χ0n) is 10.6. The number of hydrogen-bond acceptors (Lipinski definition) is 3. The zero-order chi connectivity index (χ0) is 11.6. The van der Waals surface area contributed by atoms with Crippen molar-refractivity contribution < 1.29 is 0 Å². The highest BCUT2D eigenvalue weighted by molar-refractivity contribution is 5.17. The van der Waals surface area contributed by atoms with Gasteiger partial charge in [0.25, 0.3) is 0 Å². The second-order valence-electron chi connectivity index (χ2n) is 6.12. The van der Waals surface area contributed by atoms with Gasteiger partial charge < -0.3 is 9.88 Å². The molecule has 1 aromatic heterocycles. The second-order valence-corrected chi connectivity index (χ2v) is 6.12. The average Bonchev–Trinajstić information content (AvgIpc) is 2.66. The zero-order valence-corrected chi connectivity index (χ0v) is 10.6. The van der Waals surface area contributed by atoms with E-state index in [9.17, 15) is 0 Å². The Kier molecular flexibility index (Phi) is 1.96. The van der Waals surface area contributed by atoms with E-state index in [4.69, 9.17) is 0 Å². The van der Waals surface area contributed by atoms with Crippen molar-refractivity contribution in [2.45, 2.75) is 38.8 Å². The Hall–Kier alpha value is -0.900. The van der Waals surface area contributed by atoms with Crippen LogP contribution < -0.4 is 5.32 Å². The number of aryl methyl sites for hydroxylation is 1. The highest BCUT2D eigenvalue weighted by atomic mass is 15.3. The van der Waals surface area contributed by atoms with Gasteiger partial charge in [-0.25, -0.2) is 0 Å². The van der Waals surface area contributed by atoms with Crippen LogP contribution in [0.2, 0.25) is 0 Å². The third-order valence-electron chi connectivity index (χ3n) is 5.41. The minimum atomic E-state index is 0.790. The molecule has 0 amide bonds. The van der Waals surface area contributed by atoms with Crippen LogP contribution in [0.15, 0.2) is 0 Å². The molecule has 2 bridgehead atoms. The molecule has 4 unspecified atom stereocenters. The summed E-state index contributed by atoms with van der Waals surface area (Å²) in [6, 6.07) is 0.790. The van der Waals surface area contributed by atoms with E-state index in [2.05, 4.69) is 20.1 Å². The highest BCUT2D eigenvalue weighted by Gasteiger charge is 2.64. The molecular formula is C13H20N4. The molecule has 0 spiro atoms. The first-order chi connectivity index (χ1) is 8.25. The molecule has 0 saturated heterocycles. The van der Waals surface area contributed by atoms with Gasteiger partial charge >= 0.3 is 0 Å². The summed E-state index contributed by atoms with van der Waals surface area (Å²) < 4.78 is 2.08. The molecule has 17 heavy (non-hydrogen) atoms. The van der Waals surface area contributed by atoms with Crippen LogP contribution >= 0.6 is 0 Å². The molecular weight excluding hydrogens is 212 g/mol. The third kappa shape index (κ3) is 1.33. The molecule has 0 aliphatic heterocycles. The topological polar surface area (TPSA) is 42.7 Å². The number of aromatic nitrogens is 3. The van der Waals surface area contributed by atoms with Crippen molar-refractivity contribution in [3.63, 3.8) is 0 Å². The van der Waals surface area contributed by atoms with Gasteiger partial charge in [0.2, 0.25) is 0 Å². The lowest BCUT2D eigenvalue weighted by Gasteiger charge is -2.10. The van der Waals surface area contributed by atoms with Gasteiger partial charge in [-0.3, -0.25) is 0 Å². The molecule has 1 aromatic rings. The standard InChI is InChI=1S/C13H20N4/c1-7-15-16-10(17(7)2)6-14-13-11-8-3-4-9(5-8)12(11)13/h8-9,11-14H,3-6H2,1-2H3. The Balaban J connectivity index is 1.40. The maximum absolute atomic E-state index is 4.21. The van der Waals surface area contributed by atoms with Gasteiger partial charge in [0.1, 0.15) is 11.6 Å². The Bertz CT molecular complexity index is 436. The summed E-state index contributed by atoms with van der Waals surface area (Å²) in [4.78, 5) is 0. The molecule has 3 aliphatic rings. The fourth-order valence-electron chi connectivity index (χ4n) is 4.41. The summed E-state index contributed by atoms with van der Waals surface area (Å²) in [6.45, 7) is 2.89. The first-order valence-electron chi connectivity index (χ1n) is 6.84. The first kappa shape index (κ1) is 10.1. The molecule has 1 heterocycles. The molecule has 4 nitrogen and oxygen atoms in total. The smallest absolute Gasteiger partial charge is 0.146 e. The van der Waals surface area contributed by atoms with Crippen LogP contribution in [0.4, 0.5) is 0 Å². The monoisotopic (exact) mass is 232 g/mol. The number of fused-ring (bicyclic) bond motifs is 5.